The van der Waals surface area contributed by atoms with E-state index in [9.17, 15) is 18.0 Å². The van der Waals surface area contributed by atoms with Gasteiger partial charge in [0.15, 0.2) is 0 Å². The molecule has 146 valence electrons. The van der Waals surface area contributed by atoms with Gasteiger partial charge in [0, 0.05) is 29.1 Å². The Bertz CT molecular complexity index is 991. The first-order valence-electron chi connectivity index (χ1n) is 8.58. The summed E-state index contributed by atoms with van der Waals surface area (Å²) in [6.07, 6.45) is 0.804. The zero-order valence-electron chi connectivity index (χ0n) is 15.0. The average Bonchev–Trinajstić information content (AvgIpc) is 3.17. The van der Waals surface area contributed by atoms with Crippen LogP contribution in [0.2, 0.25) is 0 Å². The van der Waals surface area contributed by atoms with Gasteiger partial charge < -0.3 is 10.1 Å². The first-order valence-corrected chi connectivity index (χ1v) is 9.46. The summed E-state index contributed by atoms with van der Waals surface area (Å²) in [7, 11) is 0. The van der Waals surface area contributed by atoms with Gasteiger partial charge in [-0.25, -0.2) is 18.2 Å². The summed E-state index contributed by atoms with van der Waals surface area (Å²) < 4.78 is 46.6. The Hall–Kier alpha value is -2.87. The lowest BCUT2D eigenvalue weighted by atomic mass is 10.2. The second-order valence-electron chi connectivity index (χ2n) is 5.96. The van der Waals surface area contributed by atoms with Gasteiger partial charge in [-0.05, 0) is 36.8 Å². The maximum Gasteiger partial charge on any atom is 0.270 e. The number of nitrogens with one attached hydrogen (secondary N) is 1. The highest BCUT2D eigenvalue weighted by Gasteiger charge is 2.15. The fourth-order valence-electron chi connectivity index (χ4n) is 2.40. The molecule has 0 unspecified atom stereocenters. The van der Waals surface area contributed by atoms with Crippen molar-refractivity contribution < 1.29 is 22.7 Å². The van der Waals surface area contributed by atoms with Crippen molar-refractivity contribution in [1.82, 2.24) is 10.3 Å². The van der Waals surface area contributed by atoms with Crippen LogP contribution in [-0.2, 0) is 6.61 Å². The van der Waals surface area contributed by atoms with Gasteiger partial charge in [-0.2, -0.15) is 0 Å². The number of thiazole rings is 1. The van der Waals surface area contributed by atoms with Crippen molar-refractivity contribution >= 4 is 17.2 Å². The van der Waals surface area contributed by atoms with Crippen molar-refractivity contribution in [1.29, 1.82) is 0 Å². The van der Waals surface area contributed by atoms with Crippen LogP contribution in [0.5, 0.6) is 5.75 Å². The molecule has 4 nitrogen and oxygen atoms in total. The lowest BCUT2D eigenvalue weighted by Crippen LogP contribution is -2.24. The van der Waals surface area contributed by atoms with Gasteiger partial charge in [0.1, 0.15) is 40.5 Å². The Morgan fingerprint density at radius 3 is 2.71 bits per heavy atom. The lowest BCUT2D eigenvalue weighted by molar-refractivity contribution is 0.0949. The van der Waals surface area contributed by atoms with E-state index in [1.807, 2.05) is 6.92 Å². The molecule has 28 heavy (non-hydrogen) atoms. The van der Waals surface area contributed by atoms with Crippen molar-refractivity contribution in [2.45, 2.75) is 20.0 Å². The van der Waals surface area contributed by atoms with E-state index < -0.39 is 17.5 Å². The summed E-state index contributed by atoms with van der Waals surface area (Å²) in [6.45, 7) is 2.24. The molecule has 0 bridgehead atoms. The monoisotopic (exact) mass is 406 g/mol. The largest absolute Gasteiger partial charge is 0.489 e. The second kappa shape index (κ2) is 8.88. The molecular formula is C20H17F3N2O2S. The molecule has 1 aromatic heterocycles. The molecule has 0 radical (unpaired) electrons. The van der Waals surface area contributed by atoms with E-state index >= 15 is 0 Å². The van der Waals surface area contributed by atoms with Gasteiger partial charge >= 0.3 is 0 Å². The smallest absolute Gasteiger partial charge is 0.270 e. The third-order valence-electron chi connectivity index (χ3n) is 3.85. The first kappa shape index (κ1) is 19.9. The molecule has 0 fully saturated rings. The Kier molecular flexibility index (Phi) is 6.30. The quantitative estimate of drug-likeness (QED) is 0.604. The maximum absolute atomic E-state index is 14.5. The fraction of sp³-hybridized carbons (Fsp3) is 0.200. The lowest BCUT2D eigenvalue weighted by Gasteiger charge is -2.08. The molecule has 1 amide bonds. The van der Waals surface area contributed by atoms with Gasteiger partial charge in [-0.15, -0.1) is 11.3 Å². The van der Waals surface area contributed by atoms with Crippen LogP contribution >= 0.6 is 11.3 Å². The van der Waals surface area contributed by atoms with E-state index in [0.717, 1.165) is 42.0 Å². The summed E-state index contributed by atoms with van der Waals surface area (Å²) in [5, 5.41) is 4.64. The standard InChI is InChI=1S/C20H17F3N2O2S/c1-2-7-24-19(26)18-11-28-20(25-18)15-5-4-14(9-17(15)23)27-10-12-8-13(21)3-6-16(12)22/h3-6,8-9,11H,2,7,10H2,1H3,(H,24,26). The minimum Gasteiger partial charge on any atom is -0.489 e. The highest BCUT2D eigenvalue weighted by Crippen LogP contribution is 2.29. The molecule has 0 saturated heterocycles. The van der Waals surface area contributed by atoms with Crippen LogP contribution in [0.15, 0.2) is 41.8 Å². The Labute approximate surface area is 164 Å². The number of hydrogen-bond acceptors (Lipinski definition) is 4. The number of hydrogen-bond donors (Lipinski definition) is 1. The maximum atomic E-state index is 14.5. The van der Waals surface area contributed by atoms with E-state index in [0.29, 0.717) is 11.6 Å². The molecule has 0 aliphatic carbocycles. The molecule has 0 atom stereocenters. The number of aromatic nitrogens is 1. The van der Waals surface area contributed by atoms with Gasteiger partial charge in [-0.3, -0.25) is 4.79 Å². The van der Waals surface area contributed by atoms with Crippen molar-refractivity contribution in [3.05, 3.63) is 70.5 Å². The van der Waals surface area contributed by atoms with Gasteiger partial charge in [0.25, 0.3) is 5.91 Å². The number of ether oxygens (including phenoxy) is 1. The molecule has 0 aliphatic heterocycles. The third kappa shape index (κ3) is 4.69. The Balaban J connectivity index is 1.71. The van der Waals surface area contributed by atoms with Gasteiger partial charge in [0.2, 0.25) is 0 Å². The van der Waals surface area contributed by atoms with Crippen LogP contribution in [0.25, 0.3) is 10.6 Å². The highest BCUT2D eigenvalue weighted by molar-refractivity contribution is 7.13. The molecule has 0 aliphatic rings. The molecule has 3 rings (SSSR count). The normalized spacial score (nSPS) is 10.7. The summed E-state index contributed by atoms with van der Waals surface area (Å²) in [5.41, 5.74) is 0.491. The topological polar surface area (TPSA) is 51.2 Å². The molecule has 0 saturated carbocycles. The Morgan fingerprint density at radius 1 is 1.14 bits per heavy atom. The summed E-state index contributed by atoms with van der Waals surface area (Å²) in [4.78, 5) is 16.1. The molecule has 0 spiro atoms. The number of halogens is 3. The highest BCUT2D eigenvalue weighted by atomic mass is 32.1. The predicted molar refractivity (Wildman–Crippen MR) is 101 cm³/mol. The average molecular weight is 406 g/mol. The van der Waals surface area contributed by atoms with Crippen molar-refractivity contribution in [2.24, 2.45) is 0 Å². The van der Waals surface area contributed by atoms with Crippen molar-refractivity contribution in [2.75, 3.05) is 6.54 Å². The predicted octanol–water partition coefficient (Wildman–Crippen LogP) is 4.95. The van der Waals surface area contributed by atoms with E-state index in [-0.39, 0.29) is 35.1 Å². The summed E-state index contributed by atoms with van der Waals surface area (Å²) >= 11 is 1.15. The zero-order valence-corrected chi connectivity index (χ0v) is 15.8. The van der Waals surface area contributed by atoms with Crippen LogP contribution in [0.4, 0.5) is 13.2 Å². The minimum atomic E-state index is -0.602. The van der Waals surface area contributed by atoms with Crippen molar-refractivity contribution in [3.63, 3.8) is 0 Å². The second-order valence-corrected chi connectivity index (χ2v) is 6.82. The first-order chi connectivity index (χ1) is 13.5. The molecule has 3 aromatic rings. The molecule has 2 aromatic carbocycles. The van der Waals surface area contributed by atoms with E-state index in [1.54, 1.807) is 5.38 Å². The summed E-state index contributed by atoms with van der Waals surface area (Å²) in [5.74, 6) is -1.91. The number of nitrogens with zero attached hydrogens (tertiary/aromatic N) is 1. The van der Waals surface area contributed by atoms with Gasteiger partial charge in [0.05, 0.1) is 0 Å². The molecular weight excluding hydrogens is 389 g/mol. The van der Waals surface area contributed by atoms with Crippen molar-refractivity contribution in [3.8, 4) is 16.3 Å². The van der Waals surface area contributed by atoms with E-state index in [1.165, 1.54) is 12.1 Å². The Morgan fingerprint density at radius 2 is 1.96 bits per heavy atom. The van der Waals surface area contributed by atoms with Crippen LogP contribution in [0.1, 0.15) is 29.4 Å². The zero-order chi connectivity index (χ0) is 20.1. The molecule has 1 heterocycles. The van der Waals surface area contributed by atoms with Crippen LogP contribution in [-0.4, -0.2) is 17.4 Å². The number of benzene rings is 2. The number of amides is 1. The third-order valence-corrected chi connectivity index (χ3v) is 4.72. The fourth-order valence-corrected chi connectivity index (χ4v) is 3.23. The van der Waals surface area contributed by atoms with Crippen LogP contribution < -0.4 is 10.1 Å². The molecule has 1 N–H and O–H groups in total. The summed E-state index contributed by atoms with van der Waals surface area (Å²) in [6, 6.07) is 7.17. The van der Waals surface area contributed by atoms with Crippen LogP contribution in [0.3, 0.4) is 0 Å². The van der Waals surface area contributed by atoms with E-state index in [2.05, 4.69) is 10.3 Å². The number of carbonyl (C=O) groups is 1. The number of rotatable bonds is 7. The molecule has 8 heteroatoms. The van der Waals surface area contributed by atoms with Crippen LogP contribution in [0, 0.1) is 17.5 Å². The van der Waals surface area contributed by atoms with E-state index in [4.69, 9.17) is 4.74 Å². The minimum absolute atomic E-state index is 0.0344. The SMILES string of the molecule is CCCNC(=O)c1csc(-c2ccc(OCc3cc(F)ccc3F)cc2F)n1. The number of carbonyl (C=O) groups excluding carboxylic acids is 1. The van der Waals surface area contributed by atoms with Gasteiger partial charge in [-0.1, -0.05) is 6.92 Å².